The van der Waals surface area contributed by atoms with Gasteiger partial charge in [-0.25, -0.2) is 0 Å². The Kier molecular flexibility index (Phi) is 4.73. The van der Waals surface area contributed by atoms with Crippen LogP contribution in [-0.4, -0.2) is 26.2 Å². The number of hydrogen-bond acceptors (Lipinski definition) is 8. The largest absolute Gasteiger partial charge is 0.459 e. The van der Waals surface area contributed by atoms with Crippen LogP contribution in [0.25, 0.3) is 23.0 Å². The topological polar surface area (TPSA) is 120 Å². The van der Waals surface area contributed by atoms with Gasteiger partial charge in [-0.3, -0.25) is 4.79 Å². The molecule has 4 rings (SSSR count). The maximum atomic E-state index is 12.0. The first kappa shape index (κ1) is 16.7. The van der Waals surface area contributed by atoms with Gasteiger partial charge >= 0.3 is 0 Å². The fraction of sp³-hybridized carbons (Fsp3) is 0.167. The molecule has 0 radical (unpaired) electrons. The van der Waals surface area contributed by atoms with E-state index in [1.165, 1.54) is 6.26 Å². The van der Waals surface area contributed by atoms with Gasteiger partial charge in [0.1, 0.15) is 0 Å². The van der Waals surface area contributed by atoms with Crippen LogP contribution in [0.4, 0.5) is 0 Å². The van der Waals surface area contributed by atoms with Crippen molar-refractivity contribution in [3.05, 3.63) is 60.4 Å². The smallest absolute Gasteiger partial charge is 0.293 e. The van der Waals surface area contributed by atoms with E-state index in [9.17, 15) is 4.79 Å². The minimum atomic E-state index is -0.182. The van der Waals surface area contributed by atoms with Gasteiger partial charge in [-0.05, 0) is 12.1 Å². The van der Waals surface area contributed by atoms with E-state index in [4.69, 9.17) is 13.5 Å². The minimum absolute atomic E-state index is 0.155. The predicted octanol–water partition coefficient (Wildman–Crippen LogP) is 2.63. The van der Waals surface area contributed by atoms with Crippen molar-refractivity contribution in [1.29, 1.82) is 0 Å². The van der Waals surface area contributed by atoms with Crippen molar-refractivity contribution < 1.29 is 18.3 Å². The minimum Gasteiger partial charge on any atom is -0.459 e. The fourth-order valence-corrected chi connectivity index (χ4v) is 2.37. The maximum Gasteiger partial charge on any atom is 0.293 e. The average Bonchev–Trinajstić information content (AvgIpc) is 3.47. The Bertz CT molecular complexity index is 1010. The summed E-state index contributed by atoms with van der Waals surface area (Å²) in [6.07, 6.45) is 2.07. The second kappa shape index (κ2) is 7.65. The lowest BCUT2D eigenvalue weighted by atomic mass is 10.2. The van der Waals surface area contributed by atoms with Crippen LogP contribution in [-0.2, 0) is 17.8 Å². The molecule has 1 amide bonds. The van der Waals surface area contributed by atoms with Crippen molar-refractivity contribution in [2.24, 2.45) is 0 Å². The molecule has 9 heteroatoms. The zero-order valence-electron chi connectivity index (χ0n) is 14.2. The highest BCUT2D eigenvalue weighted by Gasteiger charge is 2.13. The lowest BCUT2D eigenvalue weighted by molar-refractivity contribution is -0.121. The molecular weight excluding hydrogens is 350 g/mol. The number of aryl methyl sites for hydroxylation is 1. The Labute approximate surface area is 153 Å². The summed E-state index contributed by atoms with van der Waals surface area (Å²) in [6, 6.07) is 12.9. The molecule has 3 aromatic heterocycles. The second-order valence-corrected chi connectivity index (χ2v) is 5.65. The lowest BCUT2D eigenvalue weighted by Gasteiger charge is -1.99. The molecule has 136 valence electrons. The zero-order valence-corrected chi connectivity index (χ0v) is 14.2. The van der Waals surface area contributed by atoms with Crippen molar-refractivity contribution in [3.63, 3.8) is 0 Å². The van der Waals surface area contributed by atoms with Crippen LogP contribution in [0.15, 0.2) is 62.2 Å². The highest BCUT2D eigenvalue weighted by Crippen LogP contribution is 2.17. The van der Waals surface area contributed by atoms with Gasteiger partial charge in [-0.15, -0.1) is 0 Å². The van der Waals surface area contributed by atoms with Crippen LogP contribution >= 0.6 is 0 Å². The summed E-state index contributed by atoms with van der Waals surface area (Å²) in [7, 11) is 0. The first-order valence-electron chi connectivity index (χ1n) is 8.29. The molecule has 1 N–H and O–H groups in total. The van der Waals surface area contributed by atoms with Crippen molar-refractivity contribution in [2.45, 2.75) is 19.4 Å². The predicted molar refractivity (Wildman–Crippen MR) is 91.9 cm³/mol. The van der Waals surface area contributed by atoms with Crippen molar-refractivity contribution in [1.82, 2.24) is 25.6 Å². The van der Waals surface area contributed by atoms with Crippen molar-refractivity contribution in [2.75, 3.05) is 0 Å². The molecule has 9 nitrogen and oxygen atoms in total. The second-order valence-electron chi connectivity index (χ2n) is 5.65. The van der Waals surface area contributed by atoms with Crippen molar-refractivity contribution in [3.8, 4) is 23.0 Å². The summed E-state index contributed by atoms with van der Waals surface area (Å²) in [6.45, 7) is 0.155. The number of hydrogen-bond donors (Lipinski definition) is 1. The Balaban J connectivity index is 1.26. The molecule has 1 aromatic carbocycles. The molecule has 0 saturated heterocycles. The van der Waals surface area contributed by atoms with Crippen LogP contribution in [0.1, 0.15) is 18.1 Å². The van der Waals surface area contributed by atoms with E-state index in [2.05, 4.69) is 25.6 Å². The number of furan rings is 1. The van der Waals surface area contributed by atoms with E-state index >= 15 is 0 Å². The molecular formula is C18H15N5O4. The molecule has 0 aliphatic carbocycles. The number of carbonyl (C=O) groups excluding carboxylic acids is 1. The average molecular weight is 365 g/mol. The molecule has 4 aromatic rings. The van der Waals surface area contributed by atoms with Gasteiger partial charge in [0.05, 0.1) is 12.8 Å². The SMILES string of the molecule is O=C(CCc1nc(-c2ccccc2)no1)NCc1noc(-c2ccco2)n1. The molecule has 0 aliphatic heterocycles. The molecule has 0 bridgehead atoms. The Morgan fingerprint density at radius 2 is 1.89 bits per heavy atom. The van der Waals surface area contributed by atoms with Crippen LogP contribution < -0.4 is 5.32 Å². The Hall–Kier alpha value is -3.75. The van der Waals surface area contributed by atoms with Crippen LogP contribution in [0.5, 0.6) is 0 Å². The van der Waals surface area contributed by atoms with Gasteiger partial charge in [0, 0.05) is 18.4 Å². The Morgan fingerprint density at radius 1 is 1.00 bits per heavy atom. The van der Waals surface area contributed by atoms with Crippen LogP contribution in [0.2, 0.25) is 0 Å². The first-order valence-corrected chi connectivity index (χ1v) is 8.29. The van der Waals surface area contributed by atoms with Crippen LogP contribution in [0.3, 0.4) is 0 Å². The molecule has 0 atom stereocenters. The van der Waals surface area contributed by atoms with Crippen molar-refractivity contribution >= 4 is 5.91 Å². The third kappa shape index (κ3) is 4.09. The number of amides is 1. The number of nitrogens with one attached hydrogen (secondary N) is 1. The highest BCUT2D eigenvalue weighted by atomic mass is 16.5. The van der Waals surface area contributed by atoms with Gasteiger partial charge in [0.25, 0.3) is 5.89 Å². The van der Waals surface area contributed by atoms with Gasteiger partial charge in [-0.1, -0.05) is 40.6 Å². The van der Waals surface area contributed by atoms with Gasteiger partial charge in [0.2, 0.25) is 17.6 Å². The molecule has 0 unspecified atom stereocenters. The number of benzene rings is 1. The monoisotopic (exact) mass is 365 g/mol. The Morgan fingerprint density at radius 3 is 2.70 bits per heavy atom. The summed E-state index contributed by atoms with van der Waals surface area (Å²) in [5, 5.41) is 10.4. The third-order valence-electron chi connectivity index (χ3n) is 3.71. The molecule has 27 heavy (non-hydrogen) atoms. The van der Waals surface area contributed by atoms with Gasteiger partial charge in [-0.2, -0.15) is 9.97 Å². The van der Waals surface area contributed by atoms with E-state index in [-0.39, 0.29) is 24.8 Å². The summed E-state index contributed by atoms with van der Waals surface area (Å²) in [5.41, 5.74) is 0.862. The number of aromatic nitrogens is 4. The molecule has 0 saturated carbocycles. The normalized spacial score (nSPS) is 10.8. The highest BCUT2D eigenvalue weighted by molar-refractivity contribution is 5.75. The maximum absolute atomic E-state index is 12.0. The van der Waals surface area contributed by atoms with E-state index < -0.39 is 0 Å². The van der Waals surface area contributed by atoms with E-state index in [1.807, 2.05) is 30.3 Å². The van der Waals surface area contributed by atoms with E-state index in [1.54, 1.807) is 12.1 Å². The molecule has 0 spiro atoms. The summed E-state index contributed by atoms with van der Waals surface area (Å²) < 4.78 is 15.4. The van der Waals surface area contributed by atoms with E-state index in [0.29, 0.717) is 29.7 Å². The summed E-state index contributed by atoms with van der Waals surface area (Å²) >= 11 is 0. The summed E-state index contributed by atoms with van der Waals surface area (Å²) in [5.74, 6) is 1.83. The van der Waals surface area contributed by atoms with Gasteiger partial charge in [0.15, 0.2) is 11.6 Å². The standard InChI is InChI=1S/C18H15N5O4/c24-15(19-11-14-20-18(27-22-14)13-7-4-10-25-13)8-9-16-21-17(23-26-16)12-5-2-1-3-6-12/h1-7,10H,8-9,11H2,(H,19,24). The zero-order chi connectivity index (χ0) is 18.5. The molecule has 3 heterocycles. The third-order valence-corrected chi connectivity index (χ3v) is 3.71. The fourth-order valence-electron chi connectivity index (χ4n) is 2.37. The number of nitrogens with zero attached hydrogens (tertiary/aromatic N) is 4. The van der Waals surface area contributed by atoms with E-state index in [0.717, 1.165) is 5.56 Å². The molecule has 0 aliphatic rings. The molecule has 0 fully saturated rings. The first-order chi connectivity index (χ1) is 13.3. The summed E-state index contributed by atoms with van der Waals surface area (Å²) in [4.78, 5) is 20.4. The number of rotatable bonds is 7. The van der Waals surface area contributed by atoms with Gasteiger partial charge < -0.3 is 18.8 Å². The lowest BCUT2D eigenvalue weighted by Crippen LogP contribution is -2.23. The quantitative estimate of drug-likeness (QED) is 0.531. The van der Waals surface area contributed by atoms with Crippen LogP contribution in [0, 0.1) is 0 Å². The number of carbonyl (C=O) groups is 1.